The lowest BCUT2D eigenvalue weighted by Crippen LogP contribution is -2.46. The van der Waals surface area contributed by atoms with Crippen LogP contribution >= 0.6 is 45.2 Å². The van der Waals surface area contributed by atoms with Crippen LogP contribution in [0.4, 0.5) is 0 Å². The molecule has 4 nitrogen and oxygen atoms in total. The van der Waals surface area contributed by atoms with Gasteiger partial charge in [0.25, 0.3) is 5.91 Å². The molecule has 3 aromatic rings. The van der Waals surface area contributed by atoms with Crippen molar-refractivity contribution >= 4 is 62.0 Å². The molecule has 3 heterocycles. The Morgan fingerprint density at radius 2 is 2.04 bits per heavy atom. The fourth-order valence-electron chi connectivity index (χ4n) is 3.65. The van der Waals surface area contributed by atoms with Gasteiger partial charge in [0, 0.05) is 24.6 Å². The Hall–Kier alpha value is -1.29. The van der Waals surface area contributed by atoms with Gasteiger partial charge >= 0.3 is 0 Å². The second-order valence-electron chi connectivity index (χ2n) is 6.04. The maximum atomic E-state index is 13.0. The average Bonchev–Trinajstić information content (AvgIpc) is 2.93. The van der Waals surface area contributed by atoms with Gasteiger partial charge in [-0.2, -0.15) is 0 Å². The molecule has 1 amide bonds. The third kappa shape index (κ3) is 2.05. The van der Waals surface area contributed by atoms with Gasteiger partial charge in [0.15, 0.2) is 0 Å². The van der Waals surface area contributed by atoms with Gasteiger partial charge in [0.2, 0.25) is 6.23 Å². The summed E-state index contributed by atoms with van der Waals surface area (Å²) >= 11 is 4.48. The fraction of sp³-hybridized carbons (Fsp3) is 0.167. The van der Waals surface area contributed by atoms with Crippen molar-refractivity contribution in [1.82, 2.24) is 9.88 Å². The number of amides is 1. The highest BCUT2D eigenvalue weighted by Crippen LogP contribution is 2.42. The number of carbonyl (C=O) groups excluding carboxylic acids is 1. The lowest BCUT2D eigenvalue weighted by molar-refractivity contribution is 0.00177. The first kappa shape index (κ1) is 15.0. The number of aromatic amines is 1. The van der Waals surface area contributed by atoms with Crippen LogP contribution in [0.2, 0.25) is 0 Å². The molecule has 2 aliphatic rings. The summed E-state index contributed by atoms with van der Waals surface area (Å²) in [6, 6.07) is 12.2. The van der Waals surface area contributed by atoms with Gasteiger partial charge in [-0.3, -0.25) is 9.69 Å². The monoisotopic (exact) mass is 542 g/mol. The van der Waals surface area contributed by atoms with Crippen molar-refractivity contribution in [2.75, 3.05) is 6.54 Å². The Labute approximate surface area is 165 Å². The molecule has 0 saturated heterocycles. The number of rotatable bonds is 0. The van der Waals surface area contributed by atoms with Gasteiger partial charge in [-0.05, 0) is 75.4 Å². The largest absolute Gasteiger partial charge is 0.464 e. The topological polar surface area (TPSA) is 45.3 Å². The maximum Gasteiger partial charge on any atom is 0.261 e. The van der Waals surface area contributed by atoms with Crippen LogP contribution in [0.3, 0.4) is 0 Å². The molecule has 0 fully saturated rings. The molecule has 2 aromatic carbocycles. The lowest BCUT2D eigenvalue weighted by atomic mass is 9.99. The second-order valence-corrected chi connectivity index (χ2v) is 8.45. The Balaban J connectivity index is 1.70. The molecule has 1 unspecified atom stereocenters. The van der Waals surface area contributed by atoms with Crippen LogP contribution < -0.4 is 4.74 Å². The van der Waals surface area contributed by atoms with Crippen molar-refractivity contribution in [2.24, 2.45) is 0 Å². The average molecular weight is 542 g/mol. The van der Waals surface area contributed by atoms with Gasteiger partial charge in [0.1, 0.15) is 5.75 Å². The normalized spacial score (nSPS) is 18.8. The minimum Gasteiger partial charge on any atom is -0.464 e. The standard InChI is InChI=1S/C18H12I2N2O2/c19-9-7-12(20)15-14(8-9)24-18-16-11(5-6-22(18)17(15)23)10-3-1-2-4-13(10)21-16/h1-4,7-8,18,21H,5-6H2. The van der Waals surface area contributed by atoms with E-state index in [9.17, 15) is 4.79 Å². The molecule has 24 heavy (non-hydrogen) atoms. The van der Waals surface area contributed by atoms with E-state index in [1.54, 1.807) is 0 Å². The molecule has 0 aliphatic carbocycles. The number of hydrogen-bond donors (Lipinski definition) is 1. The highest BCUT2D eigenvalue weighted by Gasteiger charge is 2.41. The quantitative estimate of drug-likeness (QED) is 0.427. The second kappa shape index (κ2) is 5.35. The molecule has 6 heteroatoms. The third-order valence-corrected chi connectivity index (χ3v) is 6.19. The van der Waals surface area contributed by atoms with Gasteiger partial charge < -0.3 is 9.72 Å². The number of H-pyrrole nitrogens is 1. The molecule has 120 valence electrons. The number of halogens is 2. The number of carbonyl (C=O) groups is 1. The number of para-hydroxylation sites is 1. The van der Waals surface area contributed by atoms with E-state index < -0.39 is 0 Å². The van der Waals surface area contributed by atoms with Crippen molar-refractivity contribution in [2.45, 2.75) is 12.6 Å². The molecule has 1 N–H and O–H groups in total. The number of benzene rings is 2. The van der Waals surface area contributed by atoms with Crippen LogP contribution in [-0.4, -0.2) is 22.3 Å². The van der Waals surface area contributed by atoms with E-state index in [1.165, 1.54) is 10.9 Å². The van der Waals surface area contributed by atoms with E-state index in [4.69, 9.17) is 4.74 Å². The summed E-state index contributed by atoms with van der Waals surface area (Å²) < 4.78 is 8.31. The minimum absolute atomic E-state index is 0.0614. The Morgan fingerprint density at radius 3 is 2.92 bits per heavy atom. The number of nitrogens with one attached hydrogen (secondary N) is 1. The van der Waals surface area contributed by atoms with Gasteiger partial charge in [-0.25, -0.2) is 0 Å². The number of nitrogens with zero attached hydrogens (tertiary/aromatic N) is 1. The van der Waals surface area contributed by atoms with Crippen LogP contribution in [0.1, 0.15) is 27.8 Å². The highest BCUT2D eigenvalue weighted by molar-refractivity contribution is 14.1. The van der Waals surface area contributed by atoms with Crippen LogP contribution in [-0.2, 0) is 6.42 Å². The zero-order chi connectivity index (χ0) is 16.4. The van der Waals surface area contributed by atoms with E-state index in [0.29, 0.717) is 17.9 Å². The highest BCUT2D eigenvalue weighted by atomic mass is 127. The van der Waals surface area contributed by atoms with Crippen molar-refractivity contribution in [3.63, 3.8) is 0 Å². The first-order valence-electron chi connectivity index (χ1n) is 7.69. The van der Waals surface area contributed by atoms with E-state index in [2.05, 4.69) is 68.4 Å². The summed E-state index contributed by atoms with van der Waals surface area (Å²) in [6.07, 6.45) is 0.483. The SMILES string of the molecule is O=C1c2c(I)cc(I)cc2OC2c3[nH]c4ccccc4c3CCN12. The fourth-order valence-corrected chi connectivity index (χ4v) is 5.67. The Kier molecular flexibility index (Phi) is 3.35. The van der Waals surface area contributed by atoms with Crippen molar-refractivity contribution < 1.29 is 9.53 Å². The van der Waals surface area contributed by atoms with Crippen LogP contribution in [0.5, 0.6) is 5.75 Å². The molecule has 2 aliphatic heterocycles. The smallest absolute Gasteiger partial charge is 0.261 e. The summed E-state index contributed by atoms with van der Waals surface area (Å²) in [5.41, 5.74) is 4.06. The predicted octanol–water partition coefficient (Wildman–Crippen LogP) is 4.47. The number of ether oxygens (including phenoxy) is 1. The van der Waals surface area contributed by atoms with Gasteiger partial charge in [0.05, 0.1) is 11.3 Å². The van der Waals surface area contributed by atoms with Crippen LogP contribution in [0.25, 0.3) is 10.9 Å². The van der Waals surface area contributed by atoms with E-state index in [0.717, 1.165) is 24.8 Å². The number of hydrogen-bond acceptors (Lipinski definition) is 2. The van der Waals surface area contributed by atoms with E-state index in [1.807, 2.05) is 23.1 Å². The maximum absolute atomic E-state index is 13.0. The molecular formula is C18H12I2N2O2. The van der Waals surface area contributed by atoms with Crippen molar-refractivity contribution in [1.29, 1.82) is 0 Å². The summed E-state index contributed by atoms with van der Waals surface area (Å²) in [7, 11) is 0. The van der Waals surface area contributed by atoms with E-state index >= 15 is 0 Å². The Morgan fingerprint density at radius 1 is 1.21 bits per heavy atom. The molecule has 0 saturated carbocycles. The summed E-state index contributed by atoms with van der Waals surface area (Å²) in [5.74, 6) is 0.746. The molecule has 5 rings (SSSR count). The first-order chi connectivity index (χ1) is 11.6. The van der Waals surface area contributed by atoms with Crippen molar-refractivity contribution in [3.8, 4) is 5.75 Å². The van der Waals surface area contributed by atoms with Crippen molar-refractivity contribution in [3.05, 3.63) is 60.4 Å². The minimum atomic E-state index is -0.366. The molecule has 1 atom stereocenters. The first-order valence-corrected chi connectivity index (χ1v) is 9.85. The zero-order valence-corrected chi connectivity index (χ0v) is 16.8. The molecular weight excluding hydrogens is 530 g/mol. The zero-order valence-electron chi connectivity index (χ0n) is 12.5. The summed E-state index contributed by atoms with van der Waals surface area (Å²) in [6.45, 7) is 0.680. The summed E-state index contributed by atoms with van der Waals surface area (Å²) in [5, 5.41) is 1.23. The van der Waals surface area contributed by atoms with Crippen LogP contribution in [0.15, 0.2) is 36.4 Å². The number of fused-ring (bicyclic) bond motifs is 6. The van der Waals surface area contributed by atoms with Crippen LogP contribution in [0, 0.1) is 7.14 Å². The summed E-state index contributed by atoms with van der Waals surface area (Å²) in [4.78, 5) is 18.3. The number of aromatic nitrogens is 1. The lowest BCUT2D eigenvalue weighted by Gasteiger charge is -2.39. The molecule has 0 bridgehead atoms. The Bertz CT molecular complexity index is 1010. The van der Waals surface area contributed by atoms with E-state index in [-0.39, 0.29) is 12.1 Å². The third-order valence-electron chi connectivity index (χ3n) is 4.71. The molecule has 1 aromatic heterocycles. The van der Waals surface area contributed by atoms with Gasteiger partial charge in [-0.15, -0.1) is 0 Å². The molecule has 0 spiro atoms. The van der Waals surface area contributed by atoms with Gasteiger partial charge in [-0.1, -0.05) is 18.2 Å². The molecule has 0 radical (unpaired) electrons. The predicted molar refractivity (Wildman–Crippen MR) is 108 cm³/mol.